The van der Waals surface area contributed by atoms with Gasteiger partial charge in [-0.1, -0.05) is 35.9 Å². The third-order valence-electron chi connectivity index (χ3n) is 3.93. The summed E-state index contributed by atoms with van der Waals surface area (Å²) in [6.07, 6.45) is 0. The number of para-hydroxylation sites is 1. The number of carbonyl (C=O) groups excluding carboxylic acids is 2. The zero-order valence-corrected chi connectivity index (χ0v) is 14.7. The number of Topliss-reactive ketones (excluding diaryl/α,β-unsaturated/α-hetero) is 1. The zero-order chi connectivity index (χ0) is 17.7. The lowest BCUT2D eigenvalue weighted by Crippen LogP contribution is -2.30. The average Bonchev–Trinajstić information content (AvgIpc) is 2.50. The Balaban J connectivity index is 1.98. The molecule has 24 heavy (non-hydrogen) atoms. The van der Waals surface area contributed by atoms with Crippen molar-refractivity contribution in [1.82, 2.24) is 4.90 Å². The molecule has 2 rings (SSSR count). The van der Waals surface area contributed by atoms with Gasteiger partial charge in [0.2, 0.25) is 5.91 Å². The van der Waals surface area contributed by atoms with Gasteiger partial charge in [-0.15, -0.1) is 0 Å². The maximum atomic E-state index is 12.3. The Labute approximate surface area is 143 Å². The van der Waals surface area contributed by atoms with Crippen molar-refractivity contribution in [1.29, 1.82) is 0 Å². The van der Waals surface area contributed by atoms with E-state index in [0.29, 0.717) is 17.8 Å². The van der Waals surface area contributed by atoms with Gasteiger partial charge in [0.05, 0.1) is 12.2 Å². The number of likely N-dealkylation sites (N-methyl/N-ethyl adjacent to an activating group) is 1. The fourth-order valence-electron chi connectivity index (χ4n) is 2.70. The molecule has 0 aromatic heterocycles. The second-order valence-corrected chi connectivity index (χ2v) is 6.25. The van der Waals surface area contributed by atoms with Crippen molar-refractivity contribution in [2.45, 2.75) is 27.3 Å². The number of rotatable bonds is 6. The maximum absolute atomic E-state index is 12.3. The lowest BCUT2D eigenvalue weighted by molar-refractivity contribution is -0.117. The number of carbonyl (C=O) groups is 2. The highest BCUT2D eigenvalue weighted by atomic mass is 16.2. The monoisotopic (exact) mass is 324 g/mol. The van der Waals surface area contributed by atoms with Gasteiger partial charge in [-0.05, 0) is 51.1 Å². The van der Waals surface area contributed by atoms with Crippen LogP contribution in [0, 0.1) is 13.8 Å². The molecule has 2 aromatic carbocycles. The predicted molar refractivity (Wildman–Crippen MR) is 97.3 cm³/mol. The van der Waals surface area contributed by atoms with Crippen LogP contribution in [0.5, 0.6) is 0 Å². The lowest BCUT2D eigenvalue weighted by atomic mass is 10.1. The van der Waals surface area contributed by atoms with Gasteiger partial charge in [-0.2, -0.15) is 0 Å². The summed E-state index contributed by atoms with van der Waals surface area (Å²) in [4.78, 5) is 25.8. The fraction of sp³-hybridized carbons (Fsp3) is 0.300. The predicted octanol–water partition coefficient (Wildman–Crippen LogP) is 3.58. The number of amides is 1. The molecule has 4 nitrogen and oxygen atoms in total. The van der Waals surface area contributed by atoms with Crippen molar-refractivity contribution in [2.24, 2.45) is 0 Å². The highest BCUT2D eigenvalue weighted by molar-refractivity contribution is 6.04. The second-order valence-electron chi connectivity index (χ2n) is 6.25. The minimum atomic E-state index is -0.129. The number of nitrogens with one attached hydrogen (secondary N) is 1. The molecule has 0 atom stereocenters. The van der Waals surface area contributed by atoms with Gasteiger partial charge in [-0.3, -0.25) is 14.5 Å². The quantitative estimate of drug-likeness (QED) is 0.826. The van der Waals surface area contributed by atoms with Crippen LogP contribution >= 0.6 is 0 Å². The summed E-state index contributed by atoms with van der Waals surface area (Å²) in [5.74, 6) is -0.189. The Kier molecular flexibility index (Phi) is 5.88. The van der Waals surface area contributed by atoms with Crippen LogP contribution in [-0.2, 0) is 11.3 Å². The van der Waals surface area contributed by atoms with Gasteiger partial charge in [0.1, 0.15) is 0 Å². The van der Waals surface area contributed by atoms with Crippen LogP contribution in [0.3, 0.4) is 0 Å². The first-order valence-corrected chi connectivity index (χ1v) is 8.01. The molecule has 0 unspecified atom stereocenters. The van der Waals surface area contributed by atoms with Gasteiger partial charge in [0.25, 0.3) is 0 Å². The molecular weight excluding hydrogens is 300 g/mol. The SMILES string of the molecule is CC(=O)c1ccccc1NC(=O)CN(C)Cc1ccc(C)cc1C. The van der Waals surface area contributed by atoms with E-state index in [1.54, 1.807) is 24.3 Å². The summed E-state index contributed by atoms with van der Waals surface area (Å²) >= 11 is 0. The standard InChI is InChI=1S/C20H24N2O2/c1-14-9-10-17(15(2)11-14)12-22(4)13-20(24)21-19-8-6-5-7-18(19)16(3)23/h5-11H,12-13H2,1-4H3,(H,21,24). The molecule has 0 bridgehead atoms. The normalized spacial score (nSPS) is 10.7. The van der Waals surface area contributed by atoms with E-state index in [1.807, 2.05) is 11.9 Å². The summed E-state index contributed by atoms with van der Waals surface area (Å²) in [7, 11) is 1.91. The molecule has 1 N–H and O–H groups in total. The zero-order valence-electron chi connectivity index (χ0n) is 14.7. The smallest absolute Gasteiger partial charge is 0.238 e. The Morgan fingerprint density at radius 1 is 1.08 bits per heavy atom. The van der Waals surface area contributed by atoms with Crippen molar-refractivity contribution in [3.05, 3.63) is 64.7 Å². The van der Waals surface area contributed by atoms with E-state index in [4.69, 9.17) is 0 Å². The number of hydrogen-bond acceptors (Lipinski definition) is 3. The van der Waals surface area contributed by atoms with Crippen LogP contribution in [0.2, 0.25) is 0 Å². The third kappa shape index (κ3) is 4.77. The van der Waals surface area contributed by atoms with Gasteiger partial charge >= 0.3 is 0 Å². The Hall–Kier alpha value is -2.46. The van der Waals surface area contributed by atoms with E-state index in [9.17, 15) is 9.59 Å². The molecular formula is C20H24N2O2. The van der Waals surface area contributed by atoms with Gasteiger partial charge in [-0.25, -0.2) is 0 Å². The number of benzene rings is 2. The van der Waals surface area contributed by atoms with Crippen LogP contribution in [0.15, 0.2) is 42.5 Å². The average molecular weight is 324 g/mol. The summed E-state index contributed by atoms with van der Waals surface area (Å²) in [6, 6.07) is 13.4. The van der Waals surface area contributed by atoms with Gasteiger partial charge < -0.3 is 5.32 Å². The molecule has 0 aliphatic carbocycles. The Morgan fingerprint density at radius 3 is 2.46 bits per heavy atom. The van der Waals surface area contributed by atoms with Crippen LogP contribution < -0.4 is 5.32 Å². The molecule has 0 radical (unpaired) electrons. The van der Waals surface area contributed by atoms with E-state index in [0.717, 1.165) is 0 Å². The lowest BCUT2D eigenvalue weighted by Gasteiger charge is -2.18. The van der Waals surface area contributed by atoms with Crippen LogP contribution in [0.25, 0.3) is 0 Å². The van der Waals surface area contributed by atoms with E-state index in [1.165, 1.54) is 23.6 Å². The topological polar surface area (TPSA) is 49.4 Å². The summed E-state index contributed by atoms with van der Waals surface area (Å²) in [5, 5.41) is 2.83. The van der Waals surface area contributed by atoms with Gasteiger partial charge in [0.15, 0.2) is 5.78 Å². The molecule has 0 aliphatic heterocycles. The van der Waals surface area contributed by atoms with E-state index in [-0.39, 0.29) is 18.2 Å². The van der Waals surface area contributed by atoms with Crippen molar-refractivity contribution in [3.63, 3.8) is 0 Å². The minimum Gasteiger partial charge on any atom is -0.324 e. The van der Waals surface area contributed by atoms with Crippen molar-refractivity contribution in [2.75, 3.05) is 18.9 Å². The number of aryl methyl sites for hydroxylation is 2. The van der Waals surface area contributed by atoms with Crippen LogP contribution in [-0.4, -0.2) is 30.2 Å². The number of ketones is 1. The number of anilines is 1. The van der Waals surface area contributed by atoms with Crippen molar-refractivity contribution in [3.8, 4) is 0 Å². The summed E-state index contributed by atoms with van der Waals surface area (Å²) in [5.41, 5.74) is 4.76. The Morgan fingerprint density at radius 2 is 1.79 bits per heavy atom. The van der Waals surface area contributed by atoms with Gasteiger partial charge in [0, 0.05) is 12.1 Å². The number of nitrogens with zero attached hydrogens (tertiary/aromatic N) is 1. The molecule has 0 saturated heterocycles. The first kappa shape index (κ1) is 17.9. The molecule has 0 saturated carbocycles. The van der Waals surface area contributed by atoms with Crippen molar-refractivity contribution >= 4 is 17.4 Å². The molecule has 0 heterocycles. The molecule has 126 valence electrons. The molecule has 2 aromatic rings. The van der Waals surface area contributed by atoms with Crippen LogP contribution in [0.1, 0.15) is 34.0 Å². The van der Waals surface area contributed by atoms with Crippen LogP contribution in [0.4, 0.5) is 5.69 Å². The molecule has 1 amide bonds. The maximum Gasteiger partial charge on any atom is 0.238 e. The minimum absolute atomic E-state index is 0.0606. The highest BCUT2D eigenvalue weighted by Gasteiger charge is 2.12. The van der Waals surface area contributed by atoms with Crippen molar-refractivity contribution < 1.29 is 9.59 Å². The third-order valence-corrected chi connectivity index (χ3v) is 3.93. The van der Waals surface area contributed by atoms with E-state index in [2.05, 4.69) is 37.4 Å². The molecule has 4 heteroatoms. The van der Waals surface area contributed by atoms with E-state index >= 15 is 0 Å². The second kappa shape index (κ2) is 7.88. The summed E-state index contributed by atoms with van der Waals surface area (Å²) < 4.78 is 0. The van der Waals surface area contributed by atoms with E-state index < -0.39 is 0 Å². The first-order valence-electron chi connectivity index (χ1n) is 8.01. The Bertz CT molecular complexity index is 753. The fourth-order valence-corrected chi connectivity index (χ4v) is 2.70. The summed E-state index contributed by atoms with van der Waals surface area (Å²) in [6.45, 7) is 6.62. The molecule has 0 fully saturated rings. The number of hydrogen-bond donors (Lipinski definition) is 1. The largest absolute Gasteiger partial charge is 0.324 e. The first-order chi connectivity index (χ1) is 11.4. The molecule has 0 aliphatic rings. The highest BCUT2D eigenvalue weighted by Crippen LogP contribution is 2.16. The molecule has 0 spiro atoms.